The molecule has 1 N–H and O–H groups in total. The highest BCUT2D eigenvalue weighted by molar-refractivity contribution is 6.05. The zero-order chi connectivity index (χ0) is 22.6. The molecule has 1 spiro atoms. The number of hydrogen-bond donors (Lipinski definition) is 1. The Kier molecular flexibility index (Phi) is 5.18. The van der Waals surface area contributed by atoms with Gasteiger partial charge in [-0.2, -0.15) is 0 Å². The lowest BCUT2D eigenvalue weighted by Crippen LogP contribution is -2.69. The van der Waals surface area contributed by atoms with Gasteiger partial charge in [-0.25, -0.2) is 0 Å². The van der Waals surface area contributed by atoms with Gasteiger partial charge in [-0.3, -0.25) is 24.6 Å². The molecule has 1 aliphatic carbocycles. The first-order chi connectivity index (χ1) is 16.0. The number of benzene rings is 1. The van der Waals surface area contributed by atoms with Crippen molar-refractivity contribution >= 4 is 17.7 Å². The number of ether oxygens (including phenoxy) is 2. The van der Waals surface area contributed by atoms with Gasteiger partial charge in [-0.05, 0) is 49.4 Å². The predicted octanol–water partition coefficient (Wildman–Crippen LogP) is 1.86. The van der Waals surface area contributed by atoms with E-state index in [0.717, 1.165) is 50.5 Å². The second-order valence-electron chi connectivity index (χ2n) is 10.5. The lowest BCUT2D eigenvalue weighted by atomic mass is 9.76. The Balaban J connectivity index is 1.16. The summed E-state index contributed by atoms with van der Waals surface area (Å²) in [5.41, 5.74) is 1.91. The Labute approximate surface area is 193 Å². The van der Waals surface area contributed by atoms with Gasteiger partial charge in [0.2, 0.25) is 11.8 Å². The van der Waals surface area contributed by atoms with Crippen LogP contribution in [0.15, 0.2) is 18.2 Å². The van der Waals surface area contributed by atoms with Crippen LogP contribution in [-0.2, 0) is 20.9 Å². The summed E-state index contributed by atoms with van der Waals surface area (Å²) in [5.74, 6) is -0.000795. The minimum Gasteiger partial charge on any atom is -0.489 e. The molecule has 1 aromatic carbocycles. The van der Waals surface area contributed by atoms with E-state index in [1.807, 2.05) is 18.2 Å². The van der Waals surface area contributed by atoms with Crippen molar-refractivity contribution in [2.45, 2.75) is 69.7 Å². The number of nitrogens with zero attached hydrogens (tertiary/aromatic N) is 2. The lowest BCUT2D eigenvalue weighted by Gasteiger charge is -2.58. The third-order valence-corrected chi connectivity index (χ3v) is 8.06. The number of nitrogens with one attached hydrogen (secondary N) is 1. The average Bonchev–Trinajstić information content (AvgIpc) is 2.89. The summed E-state index contributed by atoms with van der Waals surface area (Å²) in [6.45, 7) is 4.38. The molecule has 8 heteroatoms. The second-order valence-corrected chi connectivity index (χ2v) is 10.5. The van der Waals surface area contributed by atoms with Crippen molar-refractivity contribution in [3.05, 3.63) is 29.3 Å². The number of carbonyl (C=O) groups is 3. The highest BCUT2D eigenvalue weighted by Crippen LogP contribution is 2.41. The summed E-state index contributed by atoms with van der Waals surface area (Å²) in [5, 5.41) is 2.36. The Morgan fingerprint density at radius 3 is 2.61 bits per heavy atom. The number of fused-ring (bicyclic) bond motifs is 1. The lowest BCUT2D eigenvalue weighted by molar-refractivity contribution is -0.205. The molecule has 4 aliphatic heterocycles. The molecule has 1 aromatic rings. The van der Waals surface area contributed by atoms with E-state index in [1.165, 1.54) is 19.3 Å². The van der Waals surface area contributed by atoms with E-state index in [2.05, 4.69) is 10.2 Å². The van der Waals surface area contributed by atoms with Gasteiger partial charge < -0.3 is 14.4 Å². The molecular weight excluding hydrogens is 422 g/mol. The standard InChI is InChI=1S/C25H31N3O5/c29-22-9-8-20(23(30)26-22)28-11-16-10-17(6-7-18(16)24(28)31)33-21-5-3-1-2-4-19(21)27-12-25(13-27)14-32-15-25/h6-7,10,19-21H,1-5,8-9,11-15H2,(H,26,29,30). The molecule has 6 rings (SSSR count). The molecule has 4 heterocycles. The number of hydrogen-bond acceptors (Lipinski definition) is 6. The molecule has 8 nitrogen and oxygen atoms in total. The summed E-state index contributed by atoms with van der Waals surface area (Å²) < 4.78 is 12.0. The van der Waals surface area contributed by atoms with Crippen LogP contribution in [0.3, 0.4) is 0 Å². The van der Waals surface area contributed by atoms with Crippen LogP contribution in [0.4, 0.5) is 0 Å². The molecule has 3 unspecified atom stereocenters. The van der Waals surface area contributed by atoms with Crippen molar-refractivity contribution in [2.75, 3.05) is 26.3 Å². The number of imide groups is 1. The van der Waals surface area contributed by atoms with E-state index in [9.17, 15) is 14.4 Å². The zero-order valence-electron chi connectivity index (χ0n) is 18.9. The van der Waals surface area contributed by atoms with E-state index < -0.39 is 6.04 Å². The fourth-order valence-electron chi connectivity index (χ4n) is 6.23. The van der Waals surface area contributed by atoms with Crippen molar-refractivity contribution in [1.29, 1.82) is 0 Å². The van der Waals surface area contributed by atoms with Crippen LogP contribution in [-0.4, -0.2) is 72.0 Å². The molecule has 0 aromatic heterocycles. The van der Waals surface area contributed by atoms with Crippen molar-refractivity contribution in [3.63, 3.8) is 0 Å². The van der Waals surface area contributed by atoms with Gasteiger partial charge >= 0.3 is 0 Å². The second kappa shape index (κ2) is 8.09. The van der Waals surface area contributed by atoms with E-state index in [0.29, 0.717) is 30.0 Å². The monoisotopic (exact) mass is 453 g/mol. The van der Waals surface area contributed by atoms with E-state index in [1.54, 1.807) is 4.90 Å². The SMILES string of the molecule is O=C1CCC(N2Cc3cc(OC4CCCCCC4N4CC5(COC5)C4)ccc3C2=O)C(=O)N1. The zero-order valence-corrected chi connectivity index (χ0v) is 18.9. The van der Waals surface area contributed by atoms with Crippen molar-refractivity contribution in [3.8, 4) is 5.75 Å². The number of piperidine rings is 1. The fourth-order valence-corrected chi connectivity index (χ4v) is 6.23. The highest BCUT2D eigenvalue weighted by atomic mass is 16.5. The van der Waals surface area contributed by atoms with Crippen molar-refractivity contribution in [1.82, 2.24) is 15.1 Å². The molecule has 0 bridgehead atoms. The van der Waals surface area contributed by atoms with E-state index in [-0.39, 0.29) is 30.2 Å². The van der Waals surface area contributed by atoms with Crippen LogP contribution < -0.4 is 10.1 Å². The minimum atomic E-state index is -0.590. The maximum atomic E-state index is 13.0. The molecule has 33 heavy (non-hydrogen) atoms. The van der Waals surface area contributed by atoms with Crippen LogP contribution >= 0.6 is 0 Å². The summed E-state index contributed by atoms with van der Waals surface area (Å²) in [6.07, 6.45) is 6.65. The summed E-state index contributed by atoms with van der Waals surface area (Å²) in [7, 11) is 0. The molecule has 1 saturated carbocycles. The van der Waals surface area contributed by atoms with Crippen LogP contribution in [0.25, 0.3) is 0 Å². The molecule has 4 fully saturated rings. The van der Waals surface area contributed by atoms with Crippen molar-refractivity contribution in [2.24, 2.45) is 5.41 Å². The largest absolute Gasteiger partial charge is 0.489 e. The normalized spacial score (nSPS) is 31.5. The number of amides is 3. The van der Waals surface area contributed by atoms with Gasteiger partial charge in [0.25, 0.3) is 5.91 Å². The topological polar surface area (TPSA) is 88.2 Å². The molecule has 3 atom stereocenters. The average molecular weight is 454 g/mol. The molecule has 5 aliphatic rings. The molecule has 3 saturated heterocycles. The van der Waals surface area contributed by atoms with E-state index in [4.69, 9.17) is 9.47 Å². The van der Waals surface area contributed by atoms with E-state index >= 15 is 0 Å². The van der Waals surface area contributed by atoms with Crippen LogP contribution in [0.5, 0.6) is 5.75 Å². The van der Waals surface area contributed by atoms with Gasteiger partial charge in [-0.1, -0.05) is 12.8 Å². The van der Waals surface area contributed by atoms with Crippen LogP contribution in [0, 0.1) is 5.41 Å². The third-order valence-electron chi connectivity index (χ3n) is 8.06. The quantitative estimate of drug-likeness (QED) is 0.553. The number of rotatable bonds is 4. The Morgan fingerprint density at radius 1 is 1.03 bits per heavy atom. The number of likely N-dealkylation sites (tertiary alicyclic amines) is 1. The maximum absolute atomic E-state index is 13.0. The maximum Gasteiger partial charge on any atom is 0.255 e. The highest BCUT2D eigenvalue weighted by Gasteiger charge is 2.52. The molecular formula is C25H31N3O5. The smallest absolute Gasteiger partial charge is 0.255 e. The van der Waals surface area contributed by atoms with Crippen molar-refractivity contribution < 1.29 is 23.9 Å². The first-order valence-electron chi connectivity index (χ1n) is 12.3. The molecule has 0 radical (unpaired) electrons. The fraction of sp³-hybridized carbons (Fsp3) is 0.640. The minimum absolute atomic E-state index is 0.146. The Bertz CT molecular complexity index is 982. The van der Waals surface area contributed by atoms with Gasteiger partial charge in [-0.15, -0.1) is 0 Å². The summed E-state index contributed by atoms with van der Waals surface area (Å²) in [6, 6.07) is 5.53. The predicted molar refractivity (Wildman–Crippen MR) is 119 cm³/mol. The summed E-state index contributed by atoms with van der Waals surface area (Å²) in [4.78, 5) is 40.9. The van der Waals surface area contributed by atoms with Crippen LogP contribution in [0.2, 0.25) is 0 Å². The third kappa shape index (κ3) is 3.73. The Hall–Kier alpha value is -2.45. The van der Waals surface area contributed by atoms with Gasteiger partial charge in [0, 0.05) is 43.1 Å². The summed E-state index contributed by atoms with van der Waals surface area (Å²) >= 11 is 0. The van der Waals surface area contributed by atoms with Gasteiger partial charge in [0.1, 0.15) is 17.9 Å². The van der Waals surface area contributed by atoms with Gasteiger partial charge in [0.05, 0.1) is 13.2 Å². The molecule has 3 amide bonds. The first kappa shape index (κ1) is 21.1. The van der Waals surface area contributed by atoms with Gasteiger partial charge in [0.15, 0.2) is 0 Å². The van der Waals surface area contributed by atoms with Crippen LogP contribution in [0.1, 0.15) is 60.9 Å². The number of carbonyl (C=O) groups excluding carboxylic acids is 3. The Morgan fingerprint density at radius 2 is 1.85 bits per heavy atom. The first-order valence-corrected chi connectivity index (χ1v) is 12.3. The molecule has 176 valence electrons.